The summed E-state index contributed by atoms with van der Waals surface area (Å²) in [6.45, 7) is 1.18. The van der Waals surface area contributed by atoms with Crippen molar-refractivity contribution in [1.29, 1.82) is 0 Å². The van der Waals surface area contributed by atoms with Gasteiger partial charge in [0.1, 0.15) is 11.6 Å². The molecule has 0 saturated carbocycles. The summed E-state index contributed by atoms with van der Waals surface area (Å²) in [6, 6.07) is 18.4. The maximum absolute atomic E-state index is 6.13. The van der Waals surface area contributed by atoms with Gasteiger partial charge in [-0.2, -0.15) is 0 Å². The Kier molecular flexibility index (Phi) is 7.29. The van der Waals surface area contributed by atoms with E-state index in [0.29, 0.717) is 42.8 Å². The van der Waals surface area contributed by atoms with Crippen molar-refractivity contribution in [2.75, 3.05) is 23.5 Å². The number of ether oxygens (including phenoxy) is 1. The third-order valence-electron chi connectivity index (χ3n) is 6.05. The third-order valence-corrected chi connectivity index (χ3v) is 6.05. The third kappa shape index (κ3) is 5.47. The van der Waals surface area contributed by atoms with E-state index in [0.717, 1.165) is 35.3 Å². The molecule has 0 aliphatic heterocycles. The Bertz CT molecular complexity index is 1210. The van der Waals surface area contributed by atoms with Crippen LogP contribution in [0.25, 0.3) is 0 Å². The smallest absolute Gasteiger partial charge is 0.165 e. The van der Waals surface area contributed by atoms with E-state index in [-0.39, 0.29) is 0 Å². The van der Waals surface area contributed by atoms with Gasteiger partial charge in [-0.1, -0.05) is 36.4 Å². The number of aliphatic imine (C=N–C) groups is 1. The number of hydrogen-bond acceptors (Lipinski definition) is 8. The molecule has 1 aromatic heterocycles. The van der Waals surface area contributed by atoms with E-state index < -0.39 is 0 Å². The molecule has 0 fully saturated rings. The fourth-order valence-corrected chi connectivity index (χ4v) is 4.27. The number of benzene rings is 2. The fourth-order valence-electron chi connectivity index (χ4n) is 4.27. The highest BCUT2D eigenvalue weighted by Gasteiger charge is 2.22. The van der Waals surface area contributed by atoms with Gasteiger partial charge < -0.3 is 27.4 Å². The molecular formula is C26H31N7O. The maximum atomic E-state index is 6.13. The Balaban J connectivity index is 1.35. The SMILES string of the molecule is NC=C(C=NCc1cccc(OCC2CCc3ccccc32)c1)Cc1cc(N)nc(NN)c1N. The predicted octanol–water partition coefficient (Wildman–Crippen LogP) is 3.30. The normalized spacial score (nSPS) is 15.4. The number of nitrogens with zero attached hydrogens (tertiary/aromatic N) is 2. The molecular weight excluding hydrogens is 426 g/mol. The number of allylic oxidation sites excluding steroid dienone is 1. The van der Waals surface area contributed by atoms with Gasteiger partial charge in [-0.15, -0.1) is 0 Å². The molecule has 4 rings (SSSR count). The first-order valence-electron chi connectivity index (χ1n) is 11.3. The molecule has 8 heteroatoms. The first-order valence-corrected chi connectivity index (χ1v) is 11.3. The molecule has 1 atom stereocenters. The van der Waals surface area contributed by atoms with Crippen molar-refractivity contribution in [2.45, 2.75) is 31.7 Å². The van der Waals surface area contributed by atoms with Crippen LogP contribution >= 0.6 is 0 Å². The van der Waals surface area contributed by atoms with Gasteiger partial charge in [0.2, 0.25) is 0 Å². The lowest BCUT2D eigenvalue weighted by Crippen LogP contribution is -2.14. The van der Waals surface area contributed by atoms with Crippen molar-refractivity contribution < 1.29 is 4.74 Å². The van der Waals surface area contributed by atoms with Crippen LogP contribution in [0, 0.1) is 0 Å². The molecule has 9 N–H and O–H groups in total. The van der Waals surface area contributed by atoms with Crippen molar-refractivity contribution in [3.8, 4) is 5.75 Å². The van der Waals surface area contributed by atoms with E-state index in [4.69, 9.17) is 27.8 Å². The summed E-state index contributed by atoms with van der Waals surface area (Å²) in [5, 5.41) is 0. The molecule has 34 heavy (non-hydrogen) atoms. The maximum Gasteiger partial charge on any atom is 0.165 e. The number of hydrazine groups is 1. The highest BCUT2D eigenvalue weighted by molar-refractivity contribution is 5.80. The number of hydrogen-bond donors (Lipinski definition) is 5. The van der Waals surface area contributed by atoms with E-state index in [1.165, 1.54) is 17.3 Å². The Morgan fingerprint density at radius 2 is 2.00 bits per heavy atom. The van der Waals surface area contributed by atoms with Gasteiger partial charge in [0, 0.05) is 18.6 Å². The second kappa shape index (κ2) is 10.7. The number of nitrogen functional groups attached to an aromatic ring is 3. The molecule has 0 amide bonds. The Labute approximate surface area is 199 Å². The Hall–Kier alpha value is -4.04. The monoisotopic (exact) mass is 457 g/mol. The molecule has 0 spiro atoms. The zero-order valence-corrected chi connectivity index (χ0v) is 19.1. The summed E-state index contributed by atoms with van der Waals surface area (Å²) in [5.74, 6) is 7.42. The summed E-state index contributed by atoms with van der Waals surface area (Å²) < 4.78 is 6.13. The molecule has 1 aliphatic rings. The van der Waals surface area contributed by atoms with Crippen molar-refractivity contribution in [3.05, 3.63) is 88.6 Å². The number of rotatable bonds is 9. The molecule has 0 radical (unpaired) electrons. The molecule has 1 unspecified atom stereocenters. The van der Waals surface area contributed by atoms with E-state index in [1.54, 1.807) is 12.3 Å². The molecule has 1 aliphatic carbocycles. The lowest BCUT2D eigenvalue weighted by Gasteiger charge is -2.14. The van der Waals surface area contributed by atoms with Crippen molar-refractivity contribution >= 4 is 23.5 Å². The first-order chi connectivity index (χ1) is 16.6. The highest BCUT2D eigenvalue weighted by atomic mass is 16.5. The molecule has 3 aromatic rings. The summed E-state index contributed by atoms with van der Waals surface area (Å²) in [7, 11) is 0. The van der Waals surface area contributed by atoms with E-state index in [2.05, 4.69) is 39.7 Å². The average molecular weight is 458 g/mol. The van der Waals surface area contributed by atoms with Crippen molar-refractivity contribution in [3.63, 3.8) is 0 Å². The number of pyridine rings is 1. The summed E-state index contributed by atoms with van der Waals surface area (Å²) >= 11 is 0. The van der Waals surface area contributed by atoms with Gasteiger partial charge >= 0.3 is 0 Å². The standard InChI is InChI=1S/C26H31N7O/c27-13-18(10-21-12-24(28)32-26(33-30)25(21)29)15-31-14-17-4-3-6-22(11-17)34-16-20-9-8-19-5-1-2-7-23(19)20/h1-7,11-13,15,20H,8-10,14,16,27,29-30H2,(H3,28,32,33). The molecule has 0 bridgehead atoms. The van der Waals surface area contributed by atoms with Crippen LogP contribution in [0.1, 0.15) is 34.6 Å². The average Bonchev–Trinajstić information content (AvgIpc) is 3.27. The second-order valence-electron chi connectivity index (χ2n) is 8.39. The van der Waals surface area contributed by atoms with Crippen LogP contribution in [0.15, 0.2) is 71.4 Å². The number of nitrogens with two attached hydrogens (primary N) is 4. The van der Waals surface area contributed by atoms with Crippen LogP contribution in [0.4, 0.5) is 17.3 Å². The lowest BCUT2D eigenvalue weighted by molar-refractivity contribution is 0.287. The van der Waals surface area contributed by atoms with Crippen LogP contribution in [0.5, 0.6) is 5.75 Å². The number of anilines is 3. The van der Waals surface area contributed by atoms with Crippen molar-refractivity contribution in [2.24, 2.45) is 16.6 Å². The van der Waals surface area contributed by atoms with Crippen LogP contribution in [-0.2, 0) is 19.4 Å². The van der Waals surface area contributed by atoms with Gasteiger partial charge in [-0.3, -0.25) is 4.99 Å². The Morgan fingerprint density at radius 1 is 1.15 bits per heavy atom. The minimum Gasteiger partial charge on any atom is -0.493 e. The van der Waals surface area contributed by atoms with E-state index in [9.17, 15) is 0 Å². The zero-order chi connectivity index (χ0) is 23.9. The lowest BCUT2D eigenvalue weighted by atomic mass is 10.0. The second-order valence-corrected chi connectivity index (χ2v) is 8.39. The van der Waals surface area contributed by atoms with Gasteiger partial charge in [0.05, 0.1) is 18.8 Å². The van der Waals surface area contributed by atoms with Crippen molar-refractivity contribution in [1.82, 2.24) is 4.98 Å². The van der Waals surface area contributed by atoms with Crippen LogP contribution in [-0.4, -0.2) is 17.8 Å². The topological polar surface area (TPSA) is 151 Å². The van der Waals surface area contributed by atoms with Crippen LogP contribution in [0.2, 0.25) is 0 Å². The minimum atomic E-state index is 0.323. The van der Waals surface area contributed by atoms with Gasteiger partial charge in [-0.05, 0) is 65.1 Å². The number of nitrogens with one attached hydrogen (secondary N) is 1. The molecule has 176 valence electrons. The molecule has 2 aromatic carbocycles. The number of aryl methyl sites for hydroxylation is 1. The van der Waals surface area contributed by atoms with Crippen LogP contribution < -0.4 is 33.2 Å². The summed E-state index contributed by atoms with van der Waals surface area (Å²) in [5.41, 5.74) is 26.1. The molecule has 8 nitrogen and oxygen atoms in total. The quantitative estimate of drug-likeness (QED) is 0.188. The molecule has 1 heterocycles. The minimum absolute atomic E-state index is 0.323. The number of aromatic nitrogens is 1. The molecule has 0 saturated heterocycles. The zero-order valence-electron chi connectivity index (χ0n) is 19.1. The van der Waals surface area contributed by atoms with Gasteiger partial charge in [0.25, 0.3) is 0 Å². The van der Waals surface area contributed by atoms with Gasteiger partial charge in [0.15, 0.2) is 5.82 Å². The van der Waals surface area contributed by atoms with Gasteiger partial charge in [-0.25, -0.2) is 10.8 Å². The Morgan fingerprint density at radius 3 is 2.82 bits per heavy atom. The summed E-state index contributed by atoms with van der Waals surface area (Å²) in [4.78, 5) is 8.62. The fraction of sp³-hybridized carbons (Fsp3) is 0.231. The summed E-state index contributed by atoms with van der Waals surface area (Å²) in [6.07, 6.45) is 5.97. The predicted molar refractivity (Wildman–Crippen MR) is 138 cm³/mol. The van der Waals surface area contributed by atoms with Crippen LogP contribution in [0.3, 0.4) is 0 Å². The first kappa shape index (κ1) is 23.1. The highest BCUT2D eigenvalue weighted by Crippen LogP contribution is 2.33. The van der Waals surface area contributed by atoms with E-state index in [1.807, 2.05) is 24.3 Å². The largest absolute Gasteiger partial charge is 0.493 e. The van der Waals surface area contributed by atoms with E-state index >= 15 is 0 Å². The number of fused-ring (bicyclic) bond motifs is 1.